The maximum absolute atomic E-state index is 12.4. The van der Waals surface area contributed by atoms with Crippen LogP contribution in [0.3, 0.4) is 0 Å². The molecule has 8 heteroatoms. The van der Waals surface area contributed by atoms with Gasteiger partial charge in [0.15, 0.2) is 18.2 Å². The number of piperazine rings is 1. The standard InChI is InChI=1S/C19H24N6O2/c1-3-9-25-15-16(22(2)19(27)21-17(15)26)20-18(25)24-12-10-23(11-13-24)14-7-5-4-6-8-14/h3-8,15-16H,1,9-13H2,2H3,(H,21,26,27). The third kappa shape index (κ3) is 3.01. The Kier molecular flexibility index (Phi) is 4.47. The fraction of sp³-hybridized carbons (Fsp3) is 0.421. The molecule has 2 saturated heterocycles. The van der Waals surface area contributed by atoms with Gasteiger partial charge in [0.1, 0.15) is 0 Å². The Morgan fingerprint density at radius 2 is 1.81 bits per heavy atom. The van der Waals surface area contributed by atoms with Crippen LogP contribution in [0.4, 0.5) is 10.5 Å². The van der Waals surface area contributed by atoms with E-state index in [-0.39, 0.29) is 5.91 Å². The molecule has 1 N–H and O–H groups in total. The predicted octanol–water partition coefficient (Wildman–Crippen LogP) is 0.543. The third-order valence-corrected chi connectivity index (χ3v) is 5.35. The lowest BCUT2D eigenvalue weighted by Crippen LogP contribution is -2.64. The number of urea groups is 1. The molecule has 2 unspecified atom stereocenters. The number of imide groups is 1. The monoisotopic (exact) mass is 368 g/mol. The number of rotatable bonds is 3. The van der Waals surface area contributed by atoms with Crippen molar-refractivity contribution in [1.29, 1.82) is 0 Å². The minimum absolute atomic E-state index is 0.299. The van der Waals surface area contributed by atoms with Crippen molar-refractivity contribution in [2.45, 2.75) is 12.2 Å². The predicted molar refractivity (Wildman–Crippen MR) is 103 cm³/mol. The number of anilines is 1. The maximum atomic E-state index is 12.4. The molecule has 0 radical (unpaired) electrons. The first-order valence-corrected chi connectivity index (χ1v) is 9.18. The van der Waals surface area contributed by atoms with Crippen LogP contribution in [-0.2, 0) is 4.79 Å². The maximum Gasteiger partial charge on any atom is 0.325 e. The molecule has 1 aromatic rings. The molecule has 0 aliphatic carbocycles. The first-order chi connectivity index (χ1) is 13.1. The molecule has 1 aromatic carbocycles. The fourth-order valence-electron chi connectivity index (χ4n) is 3.91. The quantitative estimate of drug-likeness (QED) is 0.789. The van der Waals surface area contributed by atoms with Crippen LogP contribution in [0.1, 0.15) is 0 Å². The largest absolute Gasteiger partial charge is 0.368 e. The van der Waals surface area contributed by atoms with E-state index in [2.05, 4.69) is 33.8 Å². The minimum atomic E-state index is -0.507. The third-order valence-electron chi connectivity index (χ3n) is 5.35. The summed E-state index contributed by atoms with van der Waals surface area (Å²) in [5, 5.41) is 2.41. The number of benzene rings is 1. The highest BCUT2D eigenvalue weighted by Crippen LogP contribution is 2.26. The summed E-state index contributed by atoms with van der Waals surface area (Å²) in [6.45, 7) is 7.69. The van der Waals surface area contributed by atoms with Crippen molar-refractivity contribution in [2.24, 2.45) is 4.99 Å². The Bertz CT molecular complexity index is 772. The number of nitrogens with zero attached hydrogens (tertiary/aromatic N) is 5. The topological polar surface area (TPSA) is 71.5 Å². The molecule has 0 spiro atoms. The van der Waals surface area contributed by atoms with Crippen molar-refractivity contribution in [3.63, 3.8) is 0 Å². The van der Waals surface area contributed by atoms with Crippen LogP contribution >= 0.6 is 0 Å². The molecule has 3 amide bonds. The summed E-state index contributed by atoms with van der Waals surface area (Å²) in [5.74, 6) is 0.473. The van der Waals surface area contributed by atoms with Gasteiger partial charge in [-0.25, -0.2) is 9.79 Å². The summed E-state index contributed by atoms with van der Waals surface area (Å²) in [5.41, 5.74) is 1.21. The number of hydrogen-bond donors (Lipinski definition) is 1. The van der Waals surface area contributed by atoms with Gasteiger partial charge < -0.3 is 19.6 Å². The molecular formula is C19H24N6O2. The lowest BCUT2D eigenvalue weighted by molar-refractivity contribution is -0.127. The van der Waals surface area contributed by atoms with Gasteiger partial charge in [-0.3, -0.25) is 10.1 Å². The van der Waals surface area contributed by atoms with Crippen LogP contribution in [-0.4, -0.2) is 84.6 Å². The van der Waals surface area contributed by atoms with Crippen molar-refractivity contribution >= 4 is 23.6 Å². The number of para-hydroxylation sites is 1. The number of carbonyl (C=O) groups is 2. The van der Waals surface area contributed by atoms with Gasteiger partial charge >= 0.3 is 6.03 Å². The molecule has 2 atom stereocenters. The fourth-order valence-corrected chi connectivity index (χ4v) is 3.91. The normalized spacial score (nSPS) is 25.3. The van der Waals surface area contributed by atoms with Crippen LogP contribution in [0, 0.1) is 0 Å². The van der Waals surface area contributed by atoms with Crippen molar-refractivity contribution in [1.82, 2.24) is 20.0 Å². The van der Waals surface area contributed by atoms with Gasteiger partial charge in [0.25, 0.3) is 5.91 Å². The number of amides is 3. The second kappa shape index (κ2) is 6.94. The summed E-state index contributed by atoms with van der Waals surface area (Å²) >= 11 is 0. The van der Waals surface area contributed by atoms with Gasteiger partial charge in [0.05, 0.1) is 0 Å². The van der Waals surface area contributed by atoms with Crippen LogP contribution in [0.5, 0.6) is 0 Å². The van der Waals surface area contributed by atoms with Crippen molar-refractivity contribution in [3.8, 4) is 0 Å². The first-order valence-electron chi connectivity index (χ1n) is 9.18. The van der Waals surface area contributed by atoms with E-state index in [1.54, 1.807) is 13.1 Å². The molecule has 27 heavy (non-hydrogen) atoms. The number of carbonyl (C=O) groups excluding carboxylic acids is 2. The van der Waals surface area contributed by atoms with Gasteiger partial charge in [-0.1, -0.05) is 24.3 Å². The van der Waals surface area contributed by atoms with E-state index >= 15 is 0 Å². The van der Waals surface area contributed by atoms with Crippen LogP contribution in [0.25, 0.3) is 0 Å². The van der Waals surface area contributed by atoms with Gasteiger partial charge in [-0.05, 0) is 12.1 Å². The zero-order chi connectivity index (χ0) is 19.0. The number of hydrogen-bond acceptors (Lipinski definition) is 6. The lowest BCUT2D eigenvalue weighted by Gasteiger charge is -2.40. The number of aliphatic imine (C=N–C) groups is 1. The smallest absolute Gasteiger partial charge is 0.325 e. The van der Waals surface area contributed by atoms with E-state index in [0.29, 0.717) is 6.54 Å². The van der Waals surface area contributed by atoms with E-state index in [1.165, 1.54) is 10.6 Å². The van der Waals surface area contributed by atoms with Gasteiger partial charge in [-0.2, -0.15) is 0 Å². The average Bonchev–Trinajstić information content (AvgIpc) is 3.07. The molecule has 8 nitrogen and oxygen atoms in total. The summed E-state index contributed by atoms with van der Waals surface area (Å²) in [6.07, 6.45) is 1.27. The Morgan fingerprint density at radius 3 is 2.48 bits per heavy atom. The van der Waals surface area contributed by atoms with Crippen LogP contribution in [0.2, 0.25) is 0 Å². The molecule has 3 heterocycles. The summed E-state index contributed by atoms with van der Waals surface area (Å²) in [4.78, 5) is 37.2. The Balaban J connectivity index is 1.53. The van der Waals surface area contributed by atoms with Gasteiger partial charge in [-0.15, -0.1) is 6.58 Å². The van der Waals surface area contributed by atoms with Gasteiger partial charge in [0, 0.05) is 45.5 Å². The highest BCUT2D eigenvalue weighted by atomic mass is 16.2. The second-order valence-electron chi connectivity index (χ2n) is 6.94. The second-order valence-corrected chi connectivity index (χ2v) is 6.94. The molecule has 3 aliphatic heterocycles. The average molecular weight is 368 g/mol. The highest BCUT2D eigenvalue weighted by molar-refractivity contribution is 6.03. The molecular weight excluding hydrogens is 344 g/mol. The van der Waals surface area contributed by atoms with E-state index < -0.39 is 18.2 Å². The summed E-state index contributed by atoms with van der Waals surface area (Å²) < 4.78 is 0. The Hall–Kier alpha value is -3.03. The molecule has 2 fully saturated rings. The van der Waals surface area contributed by atoms with Gasteiger partial charge in [0.2, 0.25) is 0 Å². The number of nitrogens with one attached hydrogen (secondary N) is 1. The van der Waals surface area contributed by atoms with Crippen molar-refractivity contribution < 1.29 is 9.59 Å². The zero-order valence-corrected chi connectivity index (χ0v) is 15.4. The van der Waals surface area contributed by atoms with Crippen LogP contribution < -0.4 is 10.2 Å². The highest BCUT2D eigenvalue weighted by Gasteiger charge is 2.49. The Morgan fingerprint density at radius 1 is 1.15 bits per heavy atom. The van der Waals surface area contributed by atoms with E-state index in [9.17, 15) is 9.59 Å². The van der Waals surface area contributed by atoms with Crippen molar-refractivity contribution in [3.05, 3.63) is 43.0 Å². The minimum Gasteiger partial charge on any atom is -0.368 e. The Labute approximate surface area is 158 Å². The van der Waals surface area contributed by atoms with E-state index in [0.717, 1.165) is 32.1 Å². The zero-order valence-electron chi connectivity index (χ0n) is 15.4. The molecule has 3 aliphatic rings. The van der Waals surface area contributed by atoms with E-state index in [1.807, 2.05) is 23.1 Å². The van der Waals surface area contributed by atoms with E-state index in [4.69, 9.17) is 4.99 Å². The molecule has 142 valence electrons. The number of guanidine groups is 1. The van der Waals surface area contributed by atoms with Crippen molar-refractivity contribution in [2.75, 3.05) is 44.7 Å². The molecule has 0 saturated carbocycles. The number of fused-ring (bicyclic) bond motifs is 1. The van der Waals surface area contributed by atoms with Crippen LogP contribution in [0.15, 0.2) is 48.0 Å². The lowest BCUT2D eigenvalue weighted by atomic mass is 10.1. The molecule has 0 bridgehead atoms. The molecule has 4 rings (SSSR count). The SMILES string of the molecule is C=CCN1C(N2CCN(c3ccccc3)CC2)=NC2C1C(=O)NC(=O)N2C. The first kappa shape index (κ1) is 17.4. The molecule has 0 aromatic heterocycles. The summed E-state index contributed by atoms with van der Waals surface area (Å²) in [6, 6.07) is 9.44. The number of likely N-dealkylation sites (N-methyl/N-ethyl adjacent to an activating group) is 1. The summed E-state index contributed by atoms with van der Waals surface area (Å²) in [7, 11) is 1.67.